The lowest BCUT2D eigenvalue weighted by Crippen LogP contribution is -2.28. The molecule has 4 rings (SSSR count). The summed E-state index contributed by atoms with van der Waals surface area (Å²) in [6, 6.07) is 11.7. The number of nitrogen functional groups attached to an aromatic ring is 1. The van der Waals surface area contributed by atoms with Gasteiger partial charge in [-0.3, -0.25) is 4.79 Å². The smallest absolute Gasteiger partial charge is 0.233 e. The third-order valence-corrected chi connectivity index (χ3v) is 6.00. The molecule has 0 bridgehead atoms. The lowest BCUT2D eigenvalue weighted by atomic mass is 10.1. The van der Waals surface area contributed by atoms with E-state index in [9.17, 15) is 4.79 Å². The molecule has 10 heteroatoms. The summed E-state index contributed by atoms with van der Waals surface area (Å²) in [5.74, 6) is 8.93. The van der Waals surface area contributed by atoms with Crippen LogP contribution in [-0.4, -0.2) is 51.7 Å². The van der Waals surface area contributed by atoms with Gasteiger partial charge in [0.25, 0.3) is 0 Å². The highest BCUT2D eigenvalue weighted by Gasteiger charge is 2.17. The molecule has 1 aromatic heterocycles. The largest absolute Gasteiger partial charge is 0.486 e. The molecule has 3 aromatic rings. The van der Waals surface area contributed by atoms with Crippen LogP contribution in [0.25, 0.3) is 0 Å². The fourth-order valence-electron chi connectivity index (χ4n) is 3.45. The van der Waals surface area contributed by atoms with E-state index in [1.807, 2.05) is 44.2 Å². The number of nitrogens with two attached hydrogens (primary N) is 1. The van der Waals surface area contributed by atoms with E-state index in [-0.39, 0.29) is 18.3 Å². The van der Waals surface area contributed by atoms with Crippen LogP contribution in [0.5, 0.6) is 17.2 Å². The number of ether oxygens (including phenoxy) is 3. The highest BCUT2D eigenvalue weighted by atomic mass is 32.2. The topological polar surface area (TPSA) is 105 Å². The molecule has 174 valence electrons. The van der Waals surface area contributed by atoms with E-state index in [4.69, 9.17) is 20.1 Å². The molecule has 33 heavy (non-hydrogen) atoms. The summed E-state index contributed by atoms with van der Waals surface area (Å²) in [5, 5.41) is 8.65. The van der Waals surface area contributed by atoms with Crippen molar-refractivity contribution in [2.75, 3.05) is 31.9 Å². The first-order valence-electron chi connectivity index (χ1n) is 10.5. The van der Waals surface area contributed by atoms with Gasteiger partial charge in [-0.15, -0.1) is 10.2 Å². The second kappa shape index (κ2) is 10.0. The molecule has 1 aliphatic rings. The van der Waals surface area contributed by atoms with Crippen molar-refractivity contribution in [1.29, 1.82) is 0 Å². The number of amides is 1. The Bertz CT molecular complexity index is 1130. The zero-order chi connectivity index (χ0) is 23.4. The molecule has 0 saturated carbocycles. The van der Waals surface area contributed by atoms with Crippen molar-refractivity contribution in [3.05, 3.63) is 58.9 Å². The Morgan fingerprint density at radius 3 is 2.61 bits per heavy atom. The van der Waals surface area contributed by atoms with Crippen LogP contribution < -0.4 is 20.1 Å². The van der Waals surface area contributed by atoms with Crippen molar-refractivity contribution in [3.8, 4) is 17.2 Å². The number of hydrogen-bond acceptors (Lipinski definition) is 8. The third kappa shape index (κ3) is 5.70. The minimum atomic E-state index is -0.0501. The van der Waals surface area contributed by atoms with Crippen molar-refractivity contribution >= 4 is 17.7 Å². The number of carbonyl (C=O) groups excluding carboxylic acids is 1. The van der Waals surface area contributed by atoms with Crippen molar-refractivity contribution in [3.63, 3.8) is 0 Å². The van der Waals surface area contributed by atoms with Gasteiger partial charge in [0, 0.05) is 13.6 Å². The Morgan fingerprint density at radius 2 is 1.85 bits per heavy atom. The summed E-state index contributed by atoms with van der Waals surface area (Å²) in [6.45, 7) is 5.75. The van der Waals surface area contributed by atoms with Gasteiger partial charge in [0.15, 0.2) is 17.3 Å². The van der Waals surface area contributed by atoms with Crippen LogP contribution in [0.3, 0.4) is 0 Å². The fourth-order valence-corrected chi connectivity index (χ4v) is 4.27. The zero-order valence-corrected chi connectivity index (χ0v) is 19.7. The Labute approximate surface area is 196 Å². The Hall–Kier alpha value is -3.40. The van der Waals surface area contributed by atoms with Gasteiger partial charge < -0.3 is 25.0 Å². The van der Waals surface area contributed by atoms with Gasteiger partial charge in [-0.1, -0.05) is 23.9 Å². The predicted molar refractivity (Wildman–Crippen MR) is 125 cm³/mol. The maximum absolute atomic E-state index is 12.6. The molecule has 1 aliphatic heterocycles. The van der Waals surface area contributed by atoms with E-state index in [2.05, 4.69) is 16.3 Å². The number of nitrogens with zero attached hydrogens (tertiary/aromatic N) is 4. The number of benzene rings is 2. The second-order valence-corrected chi connectivity index (χ2v) is 8.84. The average Bonchev–Trinajstić information content (AvgIpc) is 3.14. The first-order valence-corrected chi connectivity index (χ1v) is 11.5. The number of fused-ring (bicyclic) bond motifs is 1. The lowest BCUT2D eigenvalue weighted by molar-refractivity contribution is -0.127. The van der Waals surface area contributed by atoms with Crippen LogP contribution >= 0.6 is 11.8 Å². The quantitative estimate of drug-likeness (QED) is 0.397. The molecule has 0 fully saturated rings. The maximum atomic E-state index is 12.6. The van der Waals surface area contributed by atoms with E-state index in [1.165, 1.54) is 16.4 Å². The third-order valence-electron chi connectivity index (χ3n) is 5.08. The molecule has 0 atom stereocenters. The number of aryl methyl sites for hydroxylation is 2. The number of carbonyl (C=O) groups is 1. The molecule has 0 spiro atoms. The first-order chi connectivity index (χ1) is 15.9. The van der Waals surface area contributed by atoms with Crippen LogP contribution in [0, 0.1) is 13.8 Å². The summed E-state index contributed by atoms with van der Waals surface area (Å²) in [5.41, 5.74) is 3.21. The van der Waals surface area contributed by atoms with Crippen LogP contribution in [0.1, 0.15) is 22.5 Å². The van der Waals surface area contributed by atoms with Gasteiger partial charge in [-0.05, 0) is 54.8 Å². The normalized spacial score (nSPS) is 12.5. The van der Waals surface area contributed by atoms with E-state index >= 15 is 0 Å². The standard InChI is InChI=1S/C23H27N5O4S/c1-15-8-16(2)10-18(9-15)32-13-21-25-26-23(28(21)24)33-14-22(29)27(3)12-17-4-5-19-20(11-17)31-7-6-30-19/h4-5,8-11H,6-7,12-14,24H2,1-3H3. The summed E-state index contributed by atoms with van der Waals surface area (Å²) < 4.78 is 18.3. The van der Waals surface area contributed by atoms with Crippen molar-refractivity contribution < 1.29 is 19.0 Å². The zero-order valence-electron chi connectivity index (χ0n) is 18.9. The predicted octanol–water partition coefficient (Wildman–Crippen LogP) is 2.71. The van der Waals surface area contributed by atoms with E-state index < -0.39 is 0 Å². The number of aromatic nitrogens is 3. The Balaban J connectivity index is 1.29. The summed E-state index contributed by atoms with van der Waals surface area (Å²) in [6.07, 6.45) is 0. The molecule has 2 heterocycles. The molecule has 2 N–H and O–H groups in total. The molecule has 2 aromatic carbocycles. The maximum Gasteiger partial charge on any atom is 0.233 e. The molecule has 0 radical (unpaired) electrons. The van der Waals surface area contributed by atoms with Gasteiger partial charge in [-0.2, -0.15) is 0 Å². The molecular weight excluding hydrogens is 442 g/mol. The first kappa shape index (κ1) is 22.8. The monoisotopic (exact) mass is 469 g/mol. The van der Waals surface area contributed by atoms with Crippen LogP contribution in [0.2, 0.25) is 0 Å². The van der Waals surface area contributed by atoms with Gasteiger partial charge in [0.2, 0.25) is 11.1 Å². The lowest BCUT2D eigenvalue weighted by Gasteiger charge is -2.21. The average molecular weight is 470 g/mol. The highest BCUT2D eigenvalue weighted by Crippen LogP contribution is 2.31. The SMILES string of the molecule is Cc1cc(C)cc(OCc2nnc(SCC(=O)N(C)Cc3ccc4c(c3)OCCO4)n2N)c1. The number of thioether (sulfide) groups is 1. The minimum Gasteiger partial charge on any atom is -0.486 e. The Kier molecular flexibility index (Phi) is 6.93. The molecule has 0 saturated heterocycles. The van der Waals surface area contributed by atoms with Crippen LogP contribution in [0.15, 0.2) is 41.6 Å². The van der Waals surface area contributed by atoms with Gasteiger partial charge in [0.1, 0.15) is 25.6 Å². The summed E-state index contributed by atoms with van der Waals surface area (Å²) in [7, 11) is 1.76. The molecule has 0 unspecified atom stereocenters. The van der Waals surface area contributed by atoms with Crippen LogP contribution in [0.4, 0.5) is 0 Å². The molecule has 1 amide bonds. The van der Waals surface area contributed by atoms with Gasteiger partial charge in [-0.25, -0.2) is 4.68 Å². The minimum absolute atomic E-state index is 0.0501. The van der Waals surface area contributed by atoms with Crippen molar-refractivity contribution in [1.82, 2.24) is 19.8 Å². The van der Waals surface area contributed by atoms with Gasteiger partial charge in [0.05, 0.1) is 5.75 Å². The van der Waals surface area contributed by atoms with E-state index in [0.717, 1.165) is 28.2 Å². The van der Waals surface area contributed by atoms with E-state index in [1.54, 1.807) is 11.9 Å². The molecule has 9 nitrogen and oxygen atoms in total. The summed E-state index contributed by atoms with van der Waals surface area (Å²) in [4.78, 5) is 14.3. The van der Waals surface area contributed by atoms with E-state index in [0.29, 0.717) is 36.5 Å². The Morgan fingerprint density at radius 1 is 1.12 bits per heavy atom. The van der Waals surface area contributed by atoms with Crippen LogP contribution in [-0.2, 0) is 17.9 Å². The highest BCUT2D eigenvalue weighted by molar-refractivity contribution is 7.99. The van der Waals surface area contributed by atoms with Crippen molar-refractivity contribution in [2.45, 2.75) is 32.2 Å². The molecular formula is C23H27N5O4S. The molecule has 0 aliphatic carbocycles. The second-order valence-electron chi connectivity index (χ2n) is 7.90. The summed E-state index contributed by atoms with van der Waals surface area (Å²) >= 11 is 1.24. The number of hydrogen-bond donors (Lipinski definition) is 1. The fraction of sp³-hybridized carbons (Fsp3) is 0.348. The van der Waals surface area contributed by atoms with Crippen molar-refractivity contribution in [2.24, 2.45) is 0 Å². The number of rotatable bonds is 8. The van der Waals surface area contributed by atoms with Gasteiger partial charge >= 0.3 is 0 Å².